The minimum atomic E-state index is -0.188. The maximum atomic E-state index is 12.0. The summed E-state index contributed by atoms with van der Waals surface area (Å²) in [4.78, 5) is 16.3. The van der Waals surface area contributed by atoms with Crippen LogP contribution in [0.15, 0.2) is 48.8 Å². The number of carbonyl (C=O) groups excluding carboxylic acids is 1. The van der Waals surface area contributed by atoms with Crippen LogP contribution in [0.1, 0.15) is 16.1 Å². The molecule has 2 heterocycles. The smallest absolute Gasteiger partial charge is 0.270 e. The molecule has 0 spiro atoms. The molecule has 94 valence electrons. The molecule has 5 heteroatoms. The number of nitrogens with zero attached hydrogens (tertiary/aromatic N) is 2. The molecule has 1 amide bonds. The van der Waals surface area contributed by atoms with Crippen molar-refractivity contribution in [3.63, 3.8) is 0 Å². The van der Waals surface area contributed by atoms with Gasteiger partial charge in [0.05, 0.1) is 11.7 Å². The van der Waals surface area contributed by atoms with Gasteiger partial charge in [-0.2, -0.15) is 5.10 Å². The molecule has 3 rings (SSSR count). The molecular formula is C14H12N4O. The van der Waals surface area contributed by atoms with Crippen LogP contribution in [0.3, 0.4) is 0 Å². The summed E-state index contributed by atoms with van der Waals surface area (Å²) in [6.45, 7) is 0.434. The molecule has 19 heavy (non-hydrogen) atoms. The first kappa shape index (κ1) is 11.4. The molecule has 0 saturated carbocycles. The Labute approximate surface area is 109 Å². The number of pyridine rings is 1. The van der Waals surface area contributed by atoms with Crippen molar-refractivity contribution in [3.8, 4) is 0 Å². The Morgan fingerprint density at radius 3 is 2.95 bits per heavy atom. The van der Waals surface area contributed by atoms with Crippen LogP contribution in [-0.2, 0) is 6.54 Å². The third kappa shape index (κ3) is 2.44. The molecule has 5 nitrogen and oxygen atoms in total. The molecule has 0 aliphatic rings. The standard InChI is InChI=1S/C14H12N4O/c19-14(15-7-10-8-16-17-9-10)13-6-5-11-3-1-2-4-12(11)18-13/h1-6,8-9H,7H2,(H,15,19)(H,16,17). The summed E-state index contributed by atoms with van der Waals surface area (Å²) in [5.41, 5.74) is 2.16. The van der Waals surface area contributed by atoms with E-state index in [-0.39, 0.29) is 5.91 Å². The highest BCUT2D eigenvalue weighted by molar-refractivity contribution is 5.94. The summed E-state index contributed by atoms with van der Waals surface area (Å²) in [6.07, 6.45) is 3.42. The van der Waals surface area contributed by atoms with Crippen LogP contribution in [0.25, 0.3) is 10.9 Å². The van der Waals surface area contributed by atoms with Gasteiger partial charge in [0, 0.05) is 23.7 Å². The molecular weight excluding hydrogens is 240 g/mol. The van der Waals surface area contributed by atoms with Gasteiger partial charge in [0.1, 0.15) is 5.69 Å². The first-order valence-electron chi connectivity index (χ1n) is 5.94. The summed E-state index contributed by atoms with van der Waals surface area (Å²) >= 11 is 0. The first-order chi connectivity index (χ1) is 9.33. The number of amides is 1. The number of aromatic nitrogens is 3. The highest BCUT2D eigenvalue weighted by atomic mass is 16.1. The van der Waals surface area contributed by atoms with E-state index in [4.69, 9.17) is 0 Å². The van der Waals surface area contributed by atoms with Crippen molar-refractivity contribution in [3.05, 3.63) is 60.0 Å². The van der Waals surface area contributed by atoms with E-state index in [1.807, 2.05) is 30.3 Å². The molecule has 2 N–H and O–H groups in total. The molecule has 1 aromatic carbocycles. The van der Waals surface area contributed by atoms with Gasteiger partial charge in [-0.1, -0.05) is 24.3 Å². The van der Waals surface area contributed by atoms with Crippen LogP contribution < -0.4 is 5.32 Å². The number of hydrogen-bond donors (Lipinski definition) is 2. The number of aromatic amines is 1. The minimum Gasteiger partial charge on any atom is -0.347 e. The van der Waals surface area contributed by atoms with E-state index in [9.17, 15) is 4.79 Å². The van der Waals surface area contributed by atoms with Gasteiger partial charge in [-0.05, 0) is 12.1 Å². The molecule has 0 fully saturated rings. The van der Waals surface area contributed by atoms with Gasteiger partial charge in [-0.25, -0.2) is 4.98 Å². The van der Waals surface area contributed by atoms with Crippen molar-refractivity contribution in [2.24, 2.45) is 0 Å². The SMILES string of the molecule is O=C(NCc1cn[nH]c1)c1ccc2ccccc2n1. The summed E-state index contributed by atoms with van der Waals surface area (Å²) in [5.74, 6) is -0.188. The monoisotopic (exact) mass is 252 g/mol. The normalized spacial score (nSPS) is 10.5. The zero-order valence-electron chi connectivity index (χ0n) is 10.1. The molecule has 0 aliphatic heterocycles. The fourth-order valence-corrected chi connectivity index (χ4v) is 1.84. The number of H-pyrrole nitrogens is 1. The van der Waals surface area contributed by atoms with Crippen LogP contribution in [-0.4, -0.2) is 21.1 Å². The number of fused-ring (bicyclic) bond motifs is 1. The number of nitrogens with one attached hydrogen (secondary N) is 2. The topological polar surface area (TPSA) is 70.7 Å². The summed E-state index contributed by atoms with van der Waals surface area (Å²) in [6, 6.07) is 11.3. The maximum Gasteiger partial charge on any atom is 0.270 e. The predicted molar refractivity (Wildman–Crippen MR) is 71.5 cm³/mol. The van der Waals surface area contributed by atoms with Gasteiger partial charge in [0.2, 0.25) is 0 Å². The molecule has 2 aromatic heterocycles. The van der Waals surface area contributed by atoms with Crippen molar-refractivity contribution in [1.82, 2.24) is 20.5 Å². The lowest BCUT2D eigenvalue weighted by Crippen LogP contribution is -2.23. The molecule has 3 aromatic rings. The zero-order valence-corrected chi connectivity index (χ0v) is 10.1. The second-order valence-electron chi connectivity index (χ2n) is 4.18. The minimum absolute atomic E-state index is 0.188. The second-order valence-corrected chi connectivity index (χ2v) is 4.18. The molecule has 0 saturated heterocycles. The van der Waals surface area contributed by atoms with Crippen LogP contribution in [0.4, 0.5) is 0 Å². The second kappa shape index (κ2) is 4.89. The molecule has 0 unspecified atom stereocenters. The van der Waals surface area contributed by atoms with E-state index in [1.54, 1.807) is 18.5 Å². The van der Waals surface area contributed by atoms with Crippen LogP contribution in [0, 0.1) is 0 Å². The Morgan fingerprint density at radius 2 is 2.11 bits per heavy atom. The number of hydrogen-bond acceptors (Lipinski definition) is 3. The van der Waals surface area contributed by atoms with Crippen LogP contribution in [0.2, 0.25) is 0 Å². The lowest BCUT2D eigenvalue weighted by atomic mass is 10.2. The zero-order chi connectivity index (χ0) is 13.1. The van der Waals surface area contributed by atoms with Gasteiger partial charge in [-0.3, -0.25) is 9.89 Å². The summed E-state index contributed by atoms with van der Waals surface area (Å²) < 4.78 is 0. The highest BCUT2D eigenvalue weighted by Crippen LogP contribution is 2.11. The van der Waals surface area contributed by atoms with E-state index in [0.717, 1.165) is 16.5 Å². The van der Waals surface area contributed by atoms with E-state index < -0.39 is 0 Å². The van der Waals surface area contributed by atoms with Gasteiger partial charge in [-0.15, -0.1) is 0 Å². The molecule has 0 radical (unpaired) electrons. The van der Waals surface area contributed by atoms with Gasteiger partial charge in [0.15, 0.2) is 0 Å². The highest BCUT2D eigenvalue weighted by Gasteiger charge is 2.07. The van der Waals surface area contributed by atoms with Gasteiger partial charge in [0.25, 0.3) is 5.91 Å². The maximum absolute atomic E-state index is 12.0. The Morgan fingerprint density at radius 1 is 1.21 bits per heavy atom. The predicted octanol–water partition coefficient (Wildman–Crippen LogP) is 1.89. The Balaban J connectivity index is 1.77. The van der Waals surface area contributed by atoms with Crippen molar-refractivity contribution >= 4 is 16.8 Å². The van der Waals surface area contributed by atoms with Crippen molar-refractivity contribution in [2.75, 3.05) is 0 Å². The van der Waals surface area contributed by atoms with Crippen molar-refractivity contribution in [2.45, 2.75) is 6.54 Å². The van der Waals surface area contributed by atoms with E-state index >= 15 is 0 Å². The number of rotatable bonds is 3. The van der Waals surface area contributed by atoms with Crippen molar-refractivity contribution < 1.29 is 4.79 Å². The lowest BCUT2D eigenvalue weighted by molar-refractivity contribution is 0.0946. The number of para-hydroxylation sites is 1. The Kier molecular flexibility index (Phi) is 2.94. The third-order valence-corrected chi connectivity index (χ3v) is 2.84. The van der Waals surface area contributed by atoms with Gasteiger partial charge < -0.3 is 5.32 Å². The van der Waals surface area contributed by atoms with Gasteiger partial charge >= 0.3 is 0 Å². The molecule has 0 atom stereocenters. The lowest BCUT2D eigenvalue weighted by Gasteiger charge is -2.04. The molecule has 0 aliphatic carbocycles. The average Bonchev–Trinajstić information content (AvgIpc) is 2.97. The van der Waals surface area contributed by atoms with E-state index in [0.29, 0.717) is 12.2 Å². The largest absolute Gasteiger partial charge is 0.347 e. The summed E-state index contributed by atoms with van der Waals surface area (Å²) in [7, 11) is 0. The average molecular weight is 252 g/mol. The summed E-state index contributed by atoms with van der Waals surface area (Å²) in [5, 5.41) is 10.3. The van der Waals surface area contributed by atoms with E-state index in [2.05, 4.69) is 20.5 Å². The fourth-order valence-electron chi connectivity index (χ4n) is 1.84. The number of benzene rings is 1. The quantitative estimate of drug-likeness (QED) is 0.747. The van der Waals surface area contributed by atoms with Crippen LogP contribution >= 0.6 is 0 Å². The Hall–Kier alpha value is -2.69. The fraction of sp³-hybridized carbons (Fsp3) is 0.0714. The third-order valence-electron chi connectivity index (χ3n) is 2.84. The first-order valence-corrected chi connectivity index (χ1v) is 5.94. The van der Waals surface area contributed by atoms with Crippen molar-refractivity contribution in [1.29, 1.82) is 0 Å². The van der Waals surface area contributed by atoms with E-state index in [1.165, 1.54) is 0 Å². The number of carbonyl (C=O) groups is 1. The molecule has 0 bridgehead atoms. The van der Waals surface area contributed by atoms with Crippen LogP contribution in [0.5, 0.6) is 0 Å². The Bertz CT molecular complexity index is 706.